The van der Waals surface area contributed by atoms with E-state index in [4.69, 9.17) is 5.84 Å². The Balaban J connectivity index is 2.45. The summed E-state index contributed by atoms with van der Waals surface area (Å²) in [5.41, 5.74) is 5.89. The number of aromatic nitrogens is 3. The number of hydrazine groups is 1. The Morgan fingerprint density at radius 2 is 2.25 bits per heavy atom. The van der Waals surface area contributed by atoms with Gasteiger partial charge in [-0.1, -0.05) is 4.49 Å². The third-order valence-electron chi connectivity index (χ3n) is 2.51. The Kier molecular flexibility index (Phi) is 3.23. The molecule has 3 N–H and O–H groups in total. The summed E-state index contributed by atoms with van der Waals surface area (Å²) in [6.07, 6.45) is 3.59. The van der Waals surface area contributed by atoms with Crippen LogP contribution in [0.4, 0.5) is 0 Å². The molecule has 2 rings (SSSR count). The van der Waals surface area contributed by atoms with Crippen LogP contribution in [0.1, 0.15) is 27.7 Å². The predicted octanol–water partition coefficient (Wildman–Crippen LogP) is 1.10. The Morgan fingerprint density at radius 1 is 1.44 bits per heavy atom. The third kappa shape index (κ3) is 1.95. The van der Waals surface area contributed by atoms with Crippen molar-refractivity contribution in [3.63, 3.8) is 0 Å². The fraction of sp³-hybridized carbons (Fsp3) is 0.300. The van der Waals surface area contributed by atoms with Crippen LogP contribution in [0.15, 0.2) is 18.5 Å². The van der Waals surface area contributed by atoms with E-state index in [1.54, 1.807) is 6.20 Å². The van der Waals surface area contributed by atoms with Gasteiger partial charge in [-0.2, -0.15) is 0 Å². The van der Waals surface area contributed by atoms with Crippen LogP contribution in [-0.2, 0) is 0 Å². The molecule has 2 aromatic heterocycles. The lowest BCUT2D eigenvalue weighted by Gasteiger charge is -2.16. The smallest absolute Gasteiger partial charge is 0.0854 e. The normalized spacial score (nSPS) is 12.7. The standard InChI is InChI=1S/C10H13N5S/c1-6-3-4-12-5-8(6)9(13-11)10-7(2)14-15-16-10/h3-5,9,13H,11H2,1-2H3. The molecule has 0 aliphatic rings. The highest BCUT2D eigenvalue weighted by Crippen LogP contribution is 2.27. The molecule has 0 radical (unpaired) electrons. The molecule has 0 fully saturated rings. The Labute approximate surface area is 97.9 Å². The van der Waals surface area contributed by atoms with Crippen molar-refractivity contribution in [2.75, 3.05) is 0 Å². The van der Waals surface area contributed by atoms with Crippen LogP contribution in [-0.4, -0.2) is 14.6 Å². The molecule has 0 bridgehead atoms. The van der Waals surface area contributed by atoms with E-state index in [0.717, 1.165) is 21.7 Å². The Hall–Kier alpha value is -1.37. The van der Waals surface area contributed by atoms with Gasteiger partial charge in [0.25, 0.3) is 0 Å². The summed E-state index contributed by atoms with van der Waals surface area (Å²) in [5, 5.41) is 3.99. The maximum Gasteiger partial charge on any atom is 0.0854 e. The van der Waals surface area contributed by atoms with Crippen LogP contribution in [0, 0.1) is 13.8 Å². The Morgan fingerprint density at radius 3 is 2.81 bits per heavy atom. The molecule has 0 saturated heterocycles. The second-order valence-electron chi connectivity index (χ2n) is 3.55. The molecule has 0 saturated carbocycles. The Bertz CT molecular complexity index is 482. The number of pyridine rings is 1. The number of nitrogens with two attached hydrogens (primary N) is 1. The molecule has 0 spiro atoms. The first-order chi connectivity index (χ1) is 7.74. The molecule has 1 unspecified atom stereocenters. The summed E-state index contributed by atoms with van der Waals surface area (Å²) >= 11 is 1.35. The van der Waals surface area contributed by atoms with Gasteiger partial charge in [-0.15, -0.1) is 5.10 Å². The van der Waals surface area contributed by atoms with Crippen molar-refractivity contribution >= 4 is 11.5 Å². The summed E-state index contributed by atoms with van der Waals surface area (Å²) in [4.78, 5) is 5.15. The first-order valence-corrected chi connectivity index (χ1v) is 5.67. The van der Waals surface area contributed by atoms with Crippen LogP contribution >= 0.6 is 11.5 Å². The molecule has 0 amide bonds. The van der Waals surface area contributed by atoms with Gasteiger partial charge in [-0.25, -0.2) is 5.43 Å². The second kappa shape index (κ2) is 4.65. The average molecular weight is 235 g/mol. The highest BCUT2D eigenvalue weighted by atomic mass is 32.1. The van der Waals surface area contributed by atoms with Crippen molar-refractivity contribution < 1.29 is 0 Å². The lowest BCUT2D eigenvalue weighted by molar-refractivity contribution is 0.636. The summed E-state index contributed by atoms with van der Waals surface area (Å²) in [6, 6.07) is 1.87. The van der Waals surface area contributed by atoms with Crippen LogP contribution in [0.3, 0.4) is 0 Å². The third-order valence-corrected chi connectivity index (χ3v) is 3.40. The molecular formula is C10H13N5S. The highest BCUT2D eigenvalue weighted by molar-refractivity contribution is 7.05. The van der Waals surface area contributed by atoms with Gasteiger partial charge >= 0.3 is 0 Å². The lowest BCUT2D eigenvalue weighted by Crippen LogP contribution is -2.29. The number of aryl methyl sites for hydroxylation is 2. The topological polar surface area (TPSA) is 76.7 Å². The van der Waals surface area contributed by atoms with Crippen molar-refractivity contribution in [2.24, 2.45) is 5.84 Å². The van der Waals surface area contributed by atoms with Gasteiger partial charge in [0.2, 0.25) is 0 Å². The number of rotatable bonds is 3. The predicted molar refractivity (Wildman–Crippen MR) is 62.8 cm³/mol. The van der Waals surface area contributed by atoms with Crippen molar-refractivity contribution in [3.8, 4) is 0 Å². The van der Waals surface area contributed by atoms with Crippen LogP contribution in [0.25, 0.3) is 0 Å². The summed E-state index contributed by atoms with van der Waals surface area (Å²) < 4.78 is 3.92. The van der Waals surface area contributed by atoms with Gasteiger partial charge in [0.15, 0.2) is 0 Å². The van der Waals surface area contributed by atoms with Gasteiger partial charge in [0.05, 0.1) is 16.6 Å². The molecule has 0 aromatic carbocycles. The number of hydrogen-bond donors (Lipinski definition) is 2. The molecule has 1 atom stereocenters. The highest BCUT2D eigenvalue weighted by Gasteiger charge is 2.19. The van der Waals surface area contributed by atoms with Crippen molar-refractivity contribution in [1.82, 2.24) is 20.0 Å². The van der Waals surface area contributed by atoms with Crippen LogP contribution in [0.5, 0.6) is 0 Å². The zero-order valence-corrected chi connectivity index (χ0v) is 9.95. The molecule has 5 nitrogen and oxygen atoms in total. The monoisotopic (exact) mass is 235 g/mol. The molecule has 0 aliphatic carbocycles. The SMILES string of the molecule is Cc1ccncc1C(NN)c1snnc1C. The first kappa shape index (κ1) is 11.1. The van der Waals surface area contributed by atoms with Crippen molar-refractivity contribution in [3.05, 3.63) is 40.2 Å². The van der Waals surface area contributed by atoms with Crippen LogP contribution in [0.2, 0.25) is 0 Å². The van der Waals surface area contributed by atoms with E-state index >= 15 is 0 Å². The number of nitrogens with one attached hydrogen (secondary N) is 1. The second-order valence-corrected chi connectivity index (χ2v) is 4.34. The van der Waals surface area contributed by atoms with E-state index in [2.05, 4.69) is 20.0 Å². The van der Waals surface area contributed by atoms with Gasteiger partial charge in [-0.3, -0.25) is 10.8 Å². The largest absolute Gasteiger partial charge is 0.271 e. The maximum atomic E-state index is 5.61. The molecule has 2 heterocycles. The van der Waals surface area contributed by atoms with E-state index in [0.29, 0.717) is 0 Å². The van der Waals surface area contributed by atoms with E-state index in [9.17, 15) is 0 Å². The molecular weight excluding hydrogens is 222 g/mol. The summed E-state index contributed by atoms with van der Waals surface area (Å²) in [7, 11) is 0. The van der Waals surface area contributed by atoms with Crippen molar-refractivity contribution in [1.29, 1.82) is 0 Å². The molecule has 6 heteroatoms. The lowest BCUT2D eigenvalue weighted by atomic mass is 10.0. The molecule has 0 aliphatic heterocycles. The first-order valence-electron chi connectivity index (χ1n) is 4.89. The summed E-state index contributed by atoms with van der Waals surface area (Å²) in [5.74, 6) is 5.61. The van der Waals surface area contributed by atoms with Gasteiger partial charge in [0, 0.05) is 12.4 Å². The van der Waals surface area contributed by atoms with Crippen molar-refractivity contribution in [2.45, 2.75) is 19.9 Å². The van der Waals surface area contributed by atoms with Gasteiger partial charge in [0.1, 0.15) is 0 Å². The maximum absolute atomic E-state index is 5.61. The van der Waals surface area contributed by atoms with E-state index in [1.807, 2.05) is 26.1 Å². The minimum absolute atomic E-state index is 0.0892. The van der Waals surface area contributed by atoms with E-state index < -0.39 is 0 Å². The zero-order chi connectivity index (χ0) is 11.5. The minimum Gasteiger partial charge on any atom is -0.271 e. The quantitative estimate of drug-likeness (QED) is 0.615. The van der Waals surface area contributed by atoms with Gasteiger partial charge < -0.3 is 0 Å². The molecule has 84 valence electrons. The molecule has 16 heavy (non-hydrogen) atoms. The fourth-order valence-corrected chi connectivity index (χ4v) is 2.31. The van der Waals surface area contributed by atoms with Gasteiger partial charge in [-0.05, 0) is 42.6 Å². The molecule has 2 aromatic rings. The minimum atomic E-state index is -0.0892. The fourth-order valence-electron chi connectivity index (χ4n) is 1.59. The average Bonchev–Trinajstić information content (AvgIpc) is 2.69. The van der Waals surface area contributed by atoms with E-state index in [-0.39, 0.29) is 6.04 Å². The zero-order valence-electron chi connectivity index (χ0n) is 9.14. The number of nitrogens with zero attached hydrogens (tertiary/aromatic N) is 3. The van der Waals surface area contributed by atoms with E-state index in [1.165, 1.54) is 11.5 Å². The number of hydrogen-bond acceptors (Lipinski definition) is 6. The summed E-state index contributed by atoms with van der Waals surface area (Å²) in [6.45, 7) is 3.96. The van der Waals surface area contributed by atoms with Crippen LogP contribution < -0.4 is 11.3 Å².